The number of pyridine rings is 1. The summed E-state index contributed by atoms with van der Waals surface area (Å²) >= 11 is 0. The molecule has 1 saturated carbocycles. The molecule has 2 unspecified atom stereocenters. The molecular weight excluding hydrogens is 222 g/mol. The number of nitrogens with one attached hydrogen (secondary N) is 1. The van der Waals surface area contributed by atoms with E-state index < -0.39 is 0 Å². The van der Waals surface area contributed by atoms with Crippen molar-refractivity contribution in [2.45, 2.75) is 45.3 Å². The Balaban J connectivity index is 1.62. The van der Waals surface area contributed by atoms with Gasteiger partial charge < -0.3 is 5.32 Å². The fraction of sp³-hybridized carbons (Fsp3) is 0.667. The van der Waals surface area contributed by atoms with Crippen LogP contribution in [0.2, 0.25) is 0 Å². The van der Waals surface area contributed by atoms with E-state index in [1.165, 1.54) is 37.2 Å². The van der Waals surface area contributed by atoms with Gasteiger partial charge in [-0.3, -0.25) is 9.88 Å². The van der Waals surface area contributed by atoms with E-state index in [4.69, 9.17) is 4.98 Å². The van der Waals surface area contributed by atoms with Gasteiger partial charge in [0, 0.05) is 25.7 Å². The van der Waals surface area contributed by atoms with E-state index in [9.17, 15) is 0 Å². The lowest BCUT2D eigenvalue weighted by molar-refractivity contribution is 0.203. The van der Waals surface area contributed by atoms with Crippen LogP contribution < -0.4 is 5.32 Å². The topological polar surface area (TPSA) is 28.2 Å². The van der Waals surface area contributed by atoms with E-state index in [1.54, 1.807) is 0 Å². The van der Waals surface area contributed by atoms with Crippen LogP contribution in [0, 0.1) is 5.92 Å². The molecule has 2 fully saturated rings. The van der Waals surface area contributed by atoms with Gasteiger partial charge in [0.15, 0.2) is 0 Å². The zero-order valence-electron chi connectivity index (χ0n) is 11.2. The number of rotatable bonds is 5. The van der Waals surface area contributed by atoms with Gasteiger partial charge in [-0.2, -0.15) is 0 Å². The van der Waals surface area contributed by atoms with E-state index in [1.807, 2.05) is 0 Å². The molecule has 1 aliphatic carbocycles. The smallest absolute Gasteiger partial charge is 0.0547 e. The lowest BCUT2D eigenvalue weighted by atomic mass is 10.1. The molecule has 1 aromatic heterocycles. The maximum atomic E-state index is 4.75. The van der Waals surface area contributed by atoms with Gasteiger partial charge in [0.2, 0.25) is 0 Å². The van der Waals surface area contributed by atoms with Crippen molar-refractivity contribution in [3.05, 3.63) is 29.6 Å². The van der Waals surface area contributed by atoms with Crippen molar-refractivity contribution in [1.29, 1.82) is 0 Å². The van der Waals surface area contributed by atoms with Gasteiger partial charge in [-0.25, -0.2) is 0 Å². The van der Waals surface area contributed by atoms with Gasteiger partial charge in [0.25, 0.3) is 0 Å². The Morgan fingerprint density at radius 1 is 1.33 bits per heavy atom. The lowest BCUT2D eigenvalue weighted by Crippen LogP contribution is -2.31. The number of nitrogens with zero attached hydrogens (tertiary/aromatic N) is 2. The molecule has 1 N–H and O–H groups in total. The van der Waals surface area contributed by atoms with Gasteiger partial charge in [-0.15, -0.1) is 0 Å². The molecule has 98 valence electrons. The van der Waals surface area contributed by atoms with Gasteiger partial charge in [0.05, 0.1) is 11.4 Å². The Morgan fingerprint density at radius 2 is 2.22 bits per heavy atom. The number of hydrogen-bond acceptors (Lipinski definition) is 3. The van der Waals surface area contributed by atoms with Crippen molar-refractivity contribution < 1.29 is 0 Å². The average molecular weight is 245 g/mol. The quantitative estimate of drug-likeness (QED) is 0.862. The Morgan fingerprint density at radius 3 is 2.94 bits per heavy atom. The van der Waals surface area contributed by atoms with Gasteiger partial charge in [-0.05, 0) is 43.9 Å². The first-order chi connectivity index (χ1) is 8.85. The highest BCUT2D eigenvalue weighted by molar-refractivity contribution is 5.12. The summed E-state index contributed by atoms with van der Waals surface area (Å²) in [5.74, 6) is 0.972. The first kappa shape index (κ1) is 12.1. The average Bonchev–Trinajstić information content (AvgIpc) is 2.99. The molecular formula is C15H23N3. The Bertz CT molecular complexity index is 404. The molecule has 2 bridgehead atoms. The third-order valence-electron chi connectivity index (χ3n) is 4.31. The van der Waals surface area contributed by atoms with Crippen LogP contribution in [0.3, 0.4) is 0 Å². The van der Waals surface area contributed by atoms with E-state index in [0.29, 0.717) is 0 Å². The SMILES string of the molecule is CCNCc1cccc(CN2CC3CCC2C3)n1. The summed E-state index contributed by atoms with van der Waals surface area (Å²) in [6, 6.07) is 7.27. The zero-order chi connectivity index (χ0) is 12.4. The maximum absolute atomic E-state index is 4.75. The van der Waals surface area contributed by atoms with Crippen molar-refractivity contribution in [3.63, 3.8) is 0 Å². The first-order valence-electron chi connectivity index (χ1n) is 7.24. The lowest BCUT2D eigenvalue weighted by Gasteiger charge is -2.26. The number of hydrogen-bond donors (Lipinski definition) is 1. The number of aromatic nitrogens is 1. The molecule has 1 aromatic rings. The van der Waals surface area contributed by atoms with Crippen LogP contribution >= 0.6 is 0 Å². The molecule has 0 spiro atoms. The highest BCUT2D eigenvalue weighted by Gasteiger charge is 2.37. The van der Waals surface area contributed by atoms with Crippen LogP contribution in [0.25, 0.3) is 0 Å². The summed E-state index contributed by atoms with van der Waals surface area (Å²) in [4.78, 5) is 7.39. The minimum absolute atomic E-state index is 0.842. The van der Waals surface area contributed by atoms with Gasteiger partial charge in [0.1, 0.15) is 0 Å². The van der Waals surface area contributed by atoms with E-state index >= 15 is 0 Å². The molecule has 0 aromatic carbocycles. The summed E-state index contributed by atoms with van der Waals surface area (Å²) in [5, 5.41) is 3.34. The number of fused-ring (bicyclic) bond motifs is 2. The van der Waals surface area contributed by atoms with E-state index in [0.717, 1.165) is 31.6 Å². The van der Waals surface area contributed by atoms with E-state index in [2.05, 4.69) is 35.3 Å². The normalized spacial score (nSPS) is 26.9. The van der Waals surface area contributed by atoms with Crippen molar-refractivity contribution in [2.75, 3.05) is 13.1 Å². The van der Waals surface area contributed by atoms with Crippen LogP contribution in [-0.4, -0.2) is 29.0 Å². The highest BCUT2D eigenvalue weighted by Crippen LogP contribution is 2.37. The minimum atomic E-state index is 0.842. The molecule has 2 aliphatic rings. The Kier molecular flexibility index (Phi) is 3.62. The fourth-order valence-corrected chi connectivity index (χ4v) is 3.40. The molecule has 3 nitrogen and oxygen atoms in total. The summed E-state index contributed by atoms with van der Waals surface area (Å²) in [6.07, 6.45) is 4.29. The second-order valence-corrected chi connectivity index (χ2v) is 5.66. The third-order valence-corrected chi connectivity index (χ3v) is 4.31. The van der Waals surface area contributed by atoms with E-state index in [-0.39, 0.29) is 0 Å². The monoisotopic (exact) mass is 245 g/mol. The van der Waals surface area contributed by atoms with Crippen LogP contribution in [0.1, 0.15) is 37.6 Å². The van der Waals surface area contributed by atoms with Crippen molar-refractivity contribution >= 4 is 0 Å². The van der Waals surface area contributed by atoms with Crippen molar-refractivity contribution in [1.82, 2.24) is 15.2 Å². The molecule has 1 aliphatic heterocycles. The van der Waals surface area contributed by atoms with Crippen LogP contribution in [0.5, 0.6) is 0 Å². The minimum Gasteiger partial charge on any atom is -0.311 e. The molecule has 1 saturated heterocycles. The zero-order valence-corrected chi connectivity index (χ0v) is 11.2. The van der Waals surface area contributed by atoms with Crippen LogP contribution in [0.15, 0.2) is 18.2 Å². The van der Waals surface area contributed by atoms with Gasteiger partial charge >= 0.3 is 0 Å². The molecule has 3 rings (SSSR count). The third kappa shape index (κ3) is 2.57. The molecule has 18 heavy (non-hydrogen) atoms. The summed E-state index contributed by atoms with van der Waals surface area (Å²) in [6.45, 7) is 6.36. The van der Waals surface area contributed by atoms with Crippen molar-refractivity contribution in [3.8, 4) is 0 Å². The Labute approximate surface area is 110 Å². The fourth-order valence-electron chi connectivity index (χ4n) is 3.40. The summed E-state index contributed by atoms with van der Waals surface area (Å²) in [7, 11) is 0. The maximum Gasteiger partial charge on any atom is 0.0547 e. The van der Waals surface area contributed by atoms with Gasteiger partial charge in [-0.1, -0.05) is 13.0 Å². The van der Waals surface area contributed by atoms with Crippen LogP contribution in [0.4, 0.5) is 0 Å². The second kappa shape index (κ2) is 5.37. The number of piperidine rings is 1. The summed E-state index contributed by atoms with van der Waals surface area (Å²) < 4.78 is 0. The van der Waals surface area contributed by atoms with Crippen molar-refractivity contribution in [2.24, 2.45) is 5.92 Å². The molecule has 0 radical (unpaired) electrons. The molecule has 2 atom stereocenters. The molecule has 3 heteroatoms. The molecule has 2 heterocycles. The predicted molar refractivity (Wildman–Crippen MR) is 73.2 cm³/mol. The second-order valence-electron chi connectivity index (χ2n) is 5.66. The standard InChI is InChI=1S/C15H23N3/c1-2-16-9-13-4-3-5-14(17-13)11-18-10-12-6-7-15(18)8-12/h3-5,12,15-16H,2,6-11H2,1H3. The van der Waals surface area contributed by atoms with Crippen LogP contribution in [-0.2, 0) is 13.1 Å². The highest BCUT2D eigenvalue weighted by atomic mass is 15.2. The Hall–Kier alpha value is -0.930. The predicted octanol–water partition coefficient (Wildman–Crippen LogP) is 2.18. The number of likely N-dealkylation sites (tertiary alicyclic amines) is 1. The largest absolute Gasteiger partial charge is 0.311 e. The summed E-state index contributed by atoms with van der Waals surface area (Å²) in [5.41, 5.74) is 2.40. The first-order valence-corrected chi connectivity index (χ1v) is 7.24. The molecule has 0 amide bonds.